The van der Waals surface area contributed by atoms with E-state index in [2.05, 4.69) is 38.4 Å². The van der Waals surface area contributed by atoms with Gasteiger partial charge in [0.2, 0.25) is 0 Å². The van der Waals surface area contributed by atoms with Crippen molar-refractivity contribution in [2.45, 2.75) is 26.2 Å². The van der Waals surface area contributed by atoms with Crippen molar-refractivity contribution in [1.82, 2.24) is 10.2 Å². The van der Waals surface area contributed by atoms with Crippen LogP contribution >= 0.6 is 15.9 Å². The van der Waals surface area contributed by atoms with Gasteiger partial charge >= 0.3 is 0 Å². The van der Waals surface area contributed by atoms with Crippen molar-refractivity contribution >= 4 is 21.6 Å². The number of nitrogens with zero attached hydrogens (tertiary/aromatic N) is 1. The Kier molecular flexibility index (Phi) is 6.21. The summed E-state index contributed by atoms with van der Waals surface area (Å²) < 4.78 is 0.465. The Morgan fingerprint density at radius 1 is 1.59 bits per heavy atom. The minimum absolute atomic E-state index is 0.196. The topological polar surface area (TPSA) is 78.0 Å². The molecule has 0 aliphatic heterocycles. The Labute approximate surface area is 109 Å². The summed E-state index contributed by atoms with van der Waals surface area (Å²) in [4.78, 5) is 11.3. The highest BCUT2D eigenvalue weighted by Crippen LogP contribution is 2.17. The number of nitrogens with one attached hydrogen (secondary N) is 2. The van der Waals surface area contributed by atoms with Gasteiger partial charge < -0.3 is 10.4 Å². The van der Waals surface area contributed by atoms with Crippen LogP contribution in [0.2, 0.25) is 0 Å². The third kappa shape index (κ3) is 4.47. The molecule has 0 spiro atoms. The van der Waals surface area contributed by atoms with Gasteiger partial charge in [0, 0.05) is 13.2 Å². The number of halogens is 1. The molecule has 0 saturated carbocycles. The molecule has 0 aliphatic carbocycles. The predicted molar refractivity (Wildman–Crippen MR) is 71.1 cm³/mol. The zero-order chi connectivity index (χ0) is 12.7. The van der Waals surface area contributed by atoms with Gasteiger partial charge in [0.05, 0.1) is 11.9 Å². The van der Waals surface area contributed by atoms with Crippen LogP contribution in [-0.4, -0.2) is 28.5 Å². The predicted octanol–water partition coefficient (Wildman–Crippen LogP) is 1.74. The van der Waals surface area contributed by atoms with Gasteiger partial charge in [-0.1, -0.05) is 13.3 Å². The summed E-state index contributed by atoms with van der Waals surface area (Å²) in [7, 11) is 0. The van der Waals surface area contributed by atoms with Gasteiger partial charge in [0.25, 0.3) is 5.56 Å². The number of rotatable bonds is 7. The van der Waals surface area contributed by atoms with Crippen molar-refractivity contribution in [3.63, 3.8) is 0 Å². The Hall–Kier alpha value is -0.880. The molecule has 3 N–H and O–H groups in total. The van der Waals surface area contributed by atoms with Gasteiger partial charge in [0.15, 0.2) is 0 Å². The van der Waals surface area contributed by atoms with Gasteiger partial charge in [0.1, 0.15) is 4.47 Å². The smallest absolute Gasteiger partial charge is 0.280 e. The number of anilines is 1. The lowest BCUT2D eigenvalue weighted by Gasteiger charge is -2.16. The largest absolute Gasteiger partial charge is 0.396 e. The fourth-order valence-electron chi connectivity index (χ4n) is 1.70. The van der Waals surface area contributed by atoms with E-state index in [0.29, 0.717) is 16.1 Å². The summed E-state index contributed by atoms with van der Waals surface area (Å²) >= 11 is 3.21. The normalized spacial score (nSPS) is 12.4. The van der Waals surface area contributed by atoms with Gasteiger partial charge in [-0.25, -0.2) is 5.10 Å². The molecule has 0 bridgehead atoms. The highest BCUT2D eigenvalue weighted by Gasteiger charge is 2.09. The number of hydrogen-bond acceptors (Lipinski definition) is 4. The first-order chi connectivity index (χ1) is 8.19. The molecule has 0 aromatic carbocycles. The van der Waals surface area contributed by atoms with Gasteiger partial charge in [-0.3, -0.25) is 4.79 Å². The molecule has 17 heavy (non-hydrogen) atoms. The van der Waals surface area contributed by atoms with E-state index in [9.17, 15) is 4.79 Å². The Morgan fingerprint density at radius 3 is 3.00 bits per heavy atom. The molecular formula is C11H18BrN3O2. The molecule has 0 amide bonds. The second-order valence-electron chi connectivity index (χ2n) is 3.97. The van der Waals surface area contributed by atoms with Crippen LogP contribution in [0.25, 0.3) is 0 Å². The molecular weight excluding hydrogens is 286 g/mol. The molecule has 0 saturated heterocycles. The van der Waals surface area contributed by atoms with E-state index in [-0.39, 0.29) is 12.2 Å². The number of aromatic nitrogens is 2. The molecule has 0 fully saturated rings. The van der Waals surface area contributed by atoms with Crippen LogP contribution in [0.4, 0.5) is 5.69 Å². The molecule has 0 radical (unpaired) electrons. The van der Waals surface area contributed by atoms with Crippen molar-refractivity contribution in [3.05, 3.63) is 21.0 Å². The molecule has 1 unspecified atom stereocenters. The number of hydrogen-bond donors (Lipinski definition) is 3. The third-order valence-electron chi connectivity index (χ3n) is 2.61. The monoisotopic (exact) mass is 303 g/mol. The lowest BCUT2D eigenvalue weighted by Crippen LogP contribution is -2.18. The first kappa shape index (κ1) is 14.2. The highest BCUT2D eigenvalue weighted by atomic mass is 79.9. The maximum atomic E-state index is 11.3. The van der Waals surface area contributed by atoms with E-state index in [4.69, 9.17) is 5.11 Å². The van der Waals surface area contributed by atoms with Crippen LogP contribution in [0.5, 0.6) is 0 Å². The Balaban J connectivity index is 2.58. The molecule has 1 atom stereocenters. The quantitative estimate of drug-likeness (QED) is 0.717. The highest BCUT2D eigenvalue weighted by molar-refractivity contribution is 9.10. The van der Waals surface area contributed by atoms with Crippen molar-refractivity contribution in [1.29, 1.82) is 0 Å². The first-order valence-corrected chi connectivity index (χ1v) is 6.56. The van der Waals surface area contributed by atoms with Crippen LogP contribution < -0.4 is 10.9 Å². The molecule has 1 heterocycles. The third-order valence-corrected chi connectivity index (χ3v) is 3.40. The second-order valence-corrected chi connectivity index (χ2v) is 4.77. The lowest BCUT2D eigenvalue weighted by molar-refractivity contribution is 0.255. The fourth-order valence-corrected chi connectivity index (χ4v) is 2.03. The number of aliphatic hydroxyl groups excluding tert-OH is 1. The second kappa shape index (κ2) is 7.45. The summed E-state index contributed by atoms with van der Waals surface area (Å²) in [6.45, 7) is 3.05. The van der Waals surface area contributed by atoms with E-state index in [0.717, 1.165) is 25.8 Å². The minimum atomic E-state index is -0.246. The summed E-state index contributed by atoms with van der Waals surface area (Å²) in [6.07, 6.45) is 4.49. The minimum Gasteiger partial charge on any atom is -0.396 e. The van der Waals surface area contributed by atoms with E-state index in [1.807, 2.05) is 0 Å². The van der Waals surface area contributed by atoms with Crippen molar-refractivity contribution in [3.8, 4) is 0 Å². The molecule has 1 aromatic heterocycles. The van der Waals surface area contributed by atoms with Crippen LogP contribution in [0.3, 0.4) is 0 Å². The zero-order valence-electron chi connectivity index (χ0n) is 9.87. The van der Waals surface area contributed by atoms with Crippen LogP contribution in [-0.2, 0) is 0 Å². The Morgan fingerprint density at radius 2 is 2.35 bits per heavy atom. The fraction of sp³-hybridized carbons (Fsp3) is 0.636. The first-order valence-electron chi connectivity index (χ1n) is 5.77. The van der Waals surface area contributed by atoms with Crippen molar-refractivity contribution < 1.29 is 5.11 Å². The Bertz CT molecular complexity index is 389. The molecule has 1 aromatic rings. The van der Waals surface area contributed by atoms with Crippen molar-refractivity contribution in [2.24, 2.45) is 5.92 Å². The molecule has 96 valence electrons. The van der Waals surface area contributed by atoms with E-state index in [1.54, 1.807) is 6.20 Å². The maximum Gasteiger partial charge on any atom is 0.280 e. The SMILES string of the molecule is CCCC(CCO)CNc1cn[nH]c(=O)c1Br. The van der Waals surface area contributed by atoms with Gasteiger partial charge in [-0.15, -0.1) is 0 Å². The maximum absolute atomic E-state index is 11.3. The number of aliphatic hydroxyl groups is 1. The average Bonchev–Trinajstić information content (AvgIpc) is 2.31. The summed E-state index contributed by atoms with van der Waals surface area (Å²) in [6, 6.07) is 0. The van der Waals surface area contributed by atoms with E-state index >= 15 is 0 Å². The number of H-pyrrole nitrogens is 1. The van der Waals surface area contributed by atoms with Crippen LogP contribution in [0.15, 0.2) is 15.5 Å². The standard InChI is InChI=1S/C11H18BrN3O2/c1-2-3-8(4-5-16)6-13-9-7-14-15-11(17)10(9)12/h7-8,16H,2-6H2,1H3,(H2,13,15,17). The van der Waals surface area contributed by atoms with Crippen LogP contribution in [0.1, 0.15) is 26.2 Å². The summed E-state index contributed by atoms with van der Waals surface area (Å²) in [5, 5.41) is 18.2. The molecule has 1 rings (SSSR count). The van der Waals surface area contributed by atoms with Crippen molar-refractivity contribution in [2.75, 3.05) is 18.5 Å². The molecule has 5 nitrogen and oxygen atoms in total. The lowest BCUT2D eigenvalue weighted by atomic mass is 10.0. The summed E-state index contributed by atoms with van der Waals surface area (Å²) in [5.74, 6) is 0.413. The van der Waals surface area contributed by atoms with Crippen LogP contribution in [0, 0.1) is 5.92 Å². The molecule has 0 aliphatic rings. The molecule has 6 heteroatoms. The van der Waals surface area contributed by atoms with Gasteiger partial charge in [-0.2, -0.15) is 5.10 Å². The number of aromatic amines is 1. The summed E-state index contributed by atoms with van der Waals surface area (Å²) in [5.41, 5.74) is 0.442. The zero-order valence-corrected chi connectivity index (χ0v) is 11.5. The van der Waals surface area contributed by atoms with Gasteiger partial charge in [-0.05, 0) is 34.7 Å². The average molecular weight is 304 g/mol. The van der Waals surface area contributed by atoms with E-state index < -0.39 is 0 Å². The van der Waals surface area contributed by atoms with E-state index in [1.165, 1.54) is 0 Å².